The fourth-order valence-corrected chi connectivity index (χ4v) is 3.99. The Morgan fingerprint density at radius 1 is 1.20 bits per heavy atom. The molecule has 3 aromatic rings. The van der Waals surface area contributed by atoms with Gasteiger partial charge in [0.1, 0.15) is 5.82 Å². The Morgan fingerprint density at radius 2 is 2.04 bits per heavy atom. The van der Waals surface area contributed by atoms with Crippen molar-refractivity contribution >= 4 is 43.4 Å². The van der Waals surface area contributed by atoms with Gasteiger partial charge in [-0.1, -0.05) is 18.2 Å². The zero-order valence-corrected chi connectivity index (χ0v) is 16.0. The second kappa shape index (κ2) is 8.54. The van der Waals surface area contributed by atoms with Crippen LogP contribution in [0, 0.1) is 5.82 Å². The first-order chi connectivity index (χ1) is 12.1. The van der Waals surface area contributed by atoms with Crippen molar-refractivity contribution in [3.05, 3.63) is 63.3 Å². The standard InChI is InChI=1S/C19H18BrFN2OS/c20-14-12-13(8-9-15(14)21)10-11-22-18(24)6-3-7-19-23-16-4-1-2-5-17(16)25-19/h1-2,4-5,8-9,12H,3,6-7,10-11H2,(H,22,24). The summed E-state index contributed by atoms with van der Waals surface area (Å²) in [7, 11) is 0. The zero-order chi connectivity index (χ0) is 17.6. The van der Waals surface area contributed by atoms with Crippen LogP contribution in [0.1, 0.15) is 23.4 Å². The number of nitrogens with zero attached hydrogens (tertiary/aromatic N) is 1. The Kier molecular flexibility index (Phi) is 6.15. The van der Waals surface area contributed by atoms with E-state index in [2.05, 4.69) is 32.3 Å². The highest BCUT2D eigenvalue weighted by Crippen LogP contribution is 2.22. The molecule has 1 heterocycles. The normalized spacial score (nSPS) is 11.0. The molecular formula is C19H18BrFN2OS. The van der Waals surface area contributed by atoms with E-state index in [1.165, 1.54) is 10.8 Å². The largest absolute Gasteiger partial charge is 0.356 e. The van der Waals surface area contributed by atoms with Gasteiger partial charge in [-0.3, -0.25) is 4.79 Å². The first-order valence-electron chi connectivity index (χ1n) is 8.17. The third-order valence-corrected chi connectivity index (χ3v) is 5.56. The Balaban J connectivity index is 1.38. The molecule has 0 bridgehead atoms. The Bertz CT molecular complexity index is 848. The maximum Gasteiger partial charge on any atom is 0.220 e. The summed E-state index contributed by atoms with van der Waals surface area (Å²) in [5.74, 6) is -0.232. The van der Waals surface area contributed by atoms with E-state index in [-0.39, 0.29) is 11.7 Å². The Labute approximate surface area is 158 Å². The van der Waals surface area contributed by atoms with Crippen molar-refractivity contribution in [2.24, 2.45) is 0 Å². The number of hydrogen-bond acceptors (Lipinski definition) is 3. The predicted molar refractivity (Wildman–Crippen MR) is 103 cm³/mol. The van der Waals surface area contributed by atoms with E-state index >= 15 is 0 Å². The number of carbonyl (C=O) groups is 1. The van der Waals surface area contributed by atoms with Crippen LogP contribution >= 0.6 is 27.3 Å². The minimum atomic E-state index is -0.275. The van der Waals surface area contributed by atoms with Crippen molar-refractivity contribution in [2.75, 3.05) is 6.54 Å². The molecule has 25 heavy (non-hydrogen) atoms. The number of aryl methyl sites for hydroxylation is 1. The molecule has 0 atom stereocenters. The lowest BCUT2D eigenvalue weighted by molar-refractivity contribution is -0.121. The van der Waals surface area contributed by atoms with Crippen molar-refractivity contribution < 1.29 is 9.18 Å². The van der Waals surface area contributed by atoms with E-state index in [4.69, 9.17) is 0 Å². The molecule has 0 aliphatic carbocycles. The fourth-order valence-electron chi connectivity index (χ4n) is 2.56. The summed E-state index contributed by atoms with van der Waals surface area (Å²) in [6, 6.07) is 13.0. The summed E-state index contributed by atoms with van der Waals surface area (Å²) in [4.78, 5) is 16.5. The number of hydrogen-bond donors (Lipinski definition) is 1. The number of carbonyl (C=O) groups excluding carboxylic acids is 1. The number of amides is 1. The molecular weight excluding hydrogens is 403 g/mol. The second-order valence-electron chi connectivity index (χ2n) is 5.78. The van der Waals surface area contributed by atoms with Crippen molar-refractivity contribution in [1.82, 2.24) is 10.3 Å². The van der Waals surface area contributed by atoms with Gasteiger partial charge in [0, 0.05) is 13.0 Å². The number of benzene rings is 2. The highest BCUT2D eigenvalue weighted by Gasteiger charge is 2.06. The number of aromatic nitrogens is 1. The van der Waals surface area contributed by atoms with Crippen molar-refractivity contribution in [3.63, 3.8) is 0 Å². The second-order valence-corrected chi connectivity index (χ2v) is 7.75. The SMILES string of the molecule is O=C(CCCc1nc2ccccc2s1)NCCc1ccc(F)c(Br)c1. The number of para-hydroxylation sites is 1. The Morgan fingerprint density at radius 3 is 2.84 bits per heavy atom. The molecule has 0 spiro atoms. The van der Waals surface area contributed by atoms with Crippen LogP contribution in [0.15, 0.2) is 46.9 Å². The molecule has 1 aromatic heterocycles. The van der Waals surface area contributed by atoms with Crippen LogP contribution in [-0.4, -0.2) is 17.4 Å². The molecule has 0 saturated carbocycles. The molecule has 1 amide bonds. The molecule has 3 nitrogen and oxygen atoms in total. The maximum absolute atomic E-state index is 13.2. The first kappa shape index (κ1) is 18.0. The van der Waals surface area contributed by atoms with Crippen LogP contribution in [0.3, 0.4) is 0 Å². The molecule has 0 aliphatic rings. The predicted octanol–water partition coefficient (Wildman–Crippen LogP) is 4.88. The van der Waals surface area contributed by atoms with E-state index < -0.39 is 0 Å². The lowest BCUT2D eigenvalue weighted by atomic mass is 10.1. The van der Waals surface area contributed by atoms with Gasteiger partial charge < -0.3 is 5.32 Å². The molecule has 3 rings (SSSR count). The van der Waals surface area contributed by atoms with Crippen LogP contribution < -0.4 is 5.32 Å². The Hall–Kier alpha value is -1.79. The summed E-state index contributed by atoms with van der Waals surface area (Å²) in [6.07, 6.45) is 2.77. The highest BCUT2D eigenvalue weighted by molar-refractivity contribution is 9.10. The van der Waals surface area contributed by atoms with E-state index in [1.807, 2.05) is 18.2 Å². The van der Waals surface area contributed by atoms with Crippen molar-refractivity contribution in [1.29, 1.82) is 0 Å². The maximum atomic E-state index is 13.2. The fraction of sp³-hybridized carbons (Fsp3) is 0.263. The van der Waals surface area contributed by atoms with Gasteiger partial charge in [-0.15, -0.1) is 11.3 Å². The topological polar surface area (TPSA) is 42.0 Å². The molecule has 0 radical (unpaired) electrons. The van der Waals surface area contributed by atoms with Crippen LogP contribution in [0.2, 0.25) is 0 Å². The minimum Gasteiger partial charge on any atom is -0.356 e. The number of fused-ring (bicyclic) bond motifs is 1. The third-order valence-electron chi connectivity index (χ3n) is 3.85. The van der Waals surface area contributed by atoms with Gasteiger partial charge in [-0.25, -0.2) is 9.37 Å². The lowest BCUT2D eigenvalue weighted by Crippen LogP contribution is -2.25. The van der Waals surface area contributed by atoms with Gasteiger partial charge in [-0.2, -0.15) is 0 Å². The van der Waals surface area contributed by atoms with E-state index in [0.717, 1.165) is 28.9 Å². The molecule has 0 fully saturated rings. The quantitative estimate of drug-likeness (QED) is 0.591. The summed E-state index contributed by atoms with van der Waals surface area (Å²) in [5.41, 5.74) is 2.01. The molecule has 130 valence electrons. The average Bonchev–Trinajstić information content (AvgIpc) is 3.01. The van der Waals surface area contributed by atoms with Gasteiger partial charge in [0.25, 0.3) is 0 Å². The summed E-state index contributed by atoms with van der Waals surface area (Å²) in [6.45, 7) is 0.554. The summed E-state index contributed by atoms with van der Waals surface area (Å²) in [5, 5.41) is 3.99. The number of thiazole rings is 1. The smallest absolute Gasteiger partial charge is 0.220 e. The van der Waals surface area contributed by atoms with Gasteiger partial charge in [0.2, 0.25) is 5.91 Å². The van der Waals surface area contributed by atoms with Crippen molar-refractivity contribution in [2.45, 2.75) is 25.7 Å². The lowest BCUT2D eigenvalue weighted by Gasteiger charge is -2.06. The molecule has 1 N–H and O–H groups in total. The number of rotatable bonds is 7. The molecule has 0 saturated heterocycles. The van der Waals surface area contributed by atoms with Crippen LogP contribution in [0.5, 0.6) is 0 Å². The van der Waals surface area contributed by atoms with Gasteiger partial charge in [0.05, 0.1) is 19.7 Å². The molecule has 0 aliphatic heterocycles. The molecule has 6 heteroatoms. The highest BCUT2D eigenvalue weighted by atomic mass is 79.9. The van der Waals surface area contributed by atoms with E-state index in [1.54, 1.807) is 23.5 Å². The van der Waals surface area contributed by atoms with E-state index in [0.29, 0.717) is 23.9 Å². The summed E-state index contributed by atoms with van der Waals surface area (Å²) >= 11 is 4.86. The molecule has 2 aromatic carbocycles. The number of nitrogens with one attached hydrogen (secondary N) is 1. The van der Waals surface area contributed by atoms with Gasteiger partial charge in [0.15, 0.2) is 0 Å². The minimum absolute atomic E-state index is 0.0438. The van der Waals surface area contributed by atoms with Crippen LogP contribution in [0.4, 0.5) is 4.39 Å². The monoisotopic (exact) mass is 420 g/mol. The van der Waals surface area contributed by atoms with Gasteiger partial charge in [-0.05, 0) is 65.0 Å². The summed E-state index contributed by atoms with van der Waals surface area (Å²) < 4.78 is 14.8. The van der Waals surface area contributed by atoms with Crippen LogP contribution in [0.25, 0.3) is 10.2 Å². The zero-order valence-electron chi connectivity index (χ0n) is 13.6. The van der Waals surface area contributed by atoms with Crippen molar-refractivity contribution in [3.8, 4) is 0 Å². The van der Waals surface area contributed by atoms with Crippen LogP contribution in [-0.2, 0) is 17.6 Å². The first-order valence-corrected chi connectivity index (χ1v) is 9.78. The van der Waals surface area contributed by atoms with E-state index in [9.17, 15) is 9.18 Å². The average molecular weight is 421 g/mol. The third kappa shape index (κ3) is 5.09. The van der Waals surface area contributed by atoms with Gasteiger partial charge >= 0.3 is 0 Å². The molecule has 0 unspecified atom stereocenters. The number of halogens is 2.